The van der Waals surface area contributed by atoms with E-state index in [-0.39, 0.29) is 19.2 Å². The predicted octanol–water partition coefficient (Wildman–Crippen LogP) is 4.34. The zero-order valence-corrected chi connectivity index (χ0v) is 19.1. The lowest BCUT2D eigenvalue weighted by atomic mass is 9.60. The second-order valence-electron chi connectivity index (χ2n) is 8.26. The van der Waals surface area contributed by atoms with Gasteiger partial charge in [-0.3, -0.25) is 14.5 Å². The second kappa shape index (κ2) is 12.5. The van der Waals surface area contributed by atoms with Gasteiger partial charge in [-0.25, -0.2) is 0 Å². The molecule has 1 aliphatic rings. The summed E-state index contributed by atoms with van der Waals surface area (Å²) in [5.74, 6) is -2.28. The summed E-state index contributed by atoms with van der Waals surface area (Å²) in [4.78, 5) is 28.2. The lowest BCUT2D eigenvalue weighted by Gasteiger charge is -2.47. The molecular formula is C25H36N2O4. The van der Waals surface area contributed by atoms with Gasteiger partial charge in [0.25, 0.3) is 0 Å². The fourth-order valence-electron chi connectivity index (χ4n) is 4.74. The number of benzene rings is 1. The number of piperidine rings is 1. The zero-order chi connectivity index (χ0) is 22.7. The summed E-state index contributed by atoms with van der Waals surface area (Å²) >= 11 is 0. The van der Waals surface area contributed by atoms with Gasteiger partial charge < -0.3 is 9.47 Å². The zero-order valence-electron chi connectivity index (χ0n) is 19.1. The van der Waals surface area contributed by atoms with Gasteiger partial charge >= 0.3 is 11.9 Å². The van der Waals surface area contributed by atoms with E-state index in [0.29, 0.717) is 32.4 Å². The maximum atomic E-state index is 13.0. The lowest BCUT2D eigenvalue weighted by Crippen LogP contribution is -2.52. The Morgan fingerprint density at radius 1 is 1.06 bits per heavy atom. The van der Waals surface area contributed by atoms with Gasteiger partial charge in [-0.05, 0) is 51.8 Å². The highest BCUT2D eigenvalue weighted by Gasteiger charge is 2.53. The van der Waals surface area contributed by atoms with Gasteiger partial charge in [0.05, 0.1) is 25.2 Å². The molecule has 1 aliphatic heterocycles. The molecule has 1 fully saturated rings. The van der Waals surface area contributed by atoms with Crippen molar-refractivity contribution in [1.29, 1.82) is 5.26 Å². The van der Waals surface area contributed by atoms with E-state index in [1.54, 1.807) is 13.8 Å². The molecule has 0 bridgehead atoms. The molecule has 2 rings (SSSR count). The number of carbonyl (C=O) groups is 2. The van der Waals surface area contributed by atoms with Crippen molar-refractivity contribution in [2.75, 3.05) is 26.3 Å². The standard InChI is InChI=1S/C25H36N2O4/c1-4-7-13-21(23(28)30-5-2)25(22(18-26)24(29)31-6-3)14-16-27(17-15-25)19-20-11-9-8-10-12-20/h8-12,21-22H,4-7,13-17,19H2,1-3H3. The molecule has 2 unspecified atom stereocenters. The Morgan fingerprint density at radius 2 is 1.68 bits per heavy atom. The Morgan fingerprint density at radius 3 is 2.23 bits per heavy atom. The normalized spacial score (nSPS) is 17.9. The lowest BCUT2D eigenvalue weighted by molar-refractivity contribution is -0.164. The van der Waals surface area contributed by atoms with Gasteiger partial charge in [-0.1, -0.05) is 50.1 Å². The highest BCUT2D eigenvalue weighted by atomic mass is 16.5. The van der Waals surface area contributed by atoms with Gasteiger partial charge in [0.1, 0.15) is 0 Å². The minimum Gasteiger partial charge on any atom is -0.466 e. The molecule has 0 aromatic heterocycles. The molecule has 1 heterocycles. The third kappa shape index (κ3) is 6.30. The molecule has 0 amide bonds. The van der Waals surface area contributed by atoms with Crippen LogP contribution in [0.2, 0.25) is 0 Å². The molecule has 6 heteroatoms. The van der Waals surface area contributed by atoms with Crippen LogP contribution in [0.3, 0.4) is 0 Å². The number of nitrogens with zero attached hydrogens (tertiary/aromatic N) is 2. The number of carbonyl (C=O) groups excluding carboxylic acids is 2. The second-order valence-corrected chi connectivity index (χ2v) is 8.26. The maximum Gasteiger partial charge on any atom is 0.323 e. The molecule has 1 saturated heterocycles. The van der Waals surface area contributed by atoms with E-state index in [4.69, 9.17) is 9.47 Å². The fraction of sp³-hybridized carbons (Fsp3) is 0.640. The minimum atomic E-state index is -0.974. The average molecular weight is 429 g/mol. The minimum absolute atomic E-state index is 0.215. The summed E-state index contributed by atoms with van der Waals surface area (Å²) in [7, 11) is 0. The Hall–Kier alpha value is -2.39. The third-order valence-electron chi connectivity index (χ3n) is 6.37. The van der Waals surface area contributed by atoms with Crippen molar-refractivity contribution >= 4 is 11.9 Å². The maximum absolute atomic E-state index is 13.0. The van der Waals surface area contributed by atoms with Gasteiger partial charge in [-0.15, -0.1) is 0 Å². The number of ether oxygens (including phenoxy) is 2. The van der Waals surface area contributed by atoms with Crippen molar-refractivity contribution < 1.29 is 19.1 Å². The Labute approximate surface area is 186 Å². The predicted molar refractivity (Wildman–Crippen MR) is 119 cm³/mol. The number of hydrogen-bond donors (Lipinski definition) is 0. The summed E-state index contributed by atoms with van der Waals surface area (Å²) in [6, 6.07) is 12.5. The smallest absolute Gasteiger partial charge is 0.323 e. The van der Waals surface area contributed by atoms with Crippen molar-refractivity contribution in [3.63, 3.8) is 0 Å². The highest BCUT2D eigenvalue weighted by molar-refractivity contribution is 5.80. The number of unbranched alkanes of at least 4 members (excludes halogenated alkanes) is 1. The molecule has 0 spiro atoms. The van der Waals surface area contributed by atoms with E-state index in [1.165, 1.54) is 5.56 Å². The largest absolute Gasteiger partial charge is 0.466 e. The first-order valence-electron chi connectivity index (χ1n) is 11.5. The average Bonchev–Trinajstić information content (AvgIpc) is 2.77. The molecule has 6 nitrogen and oxygen atoms in total. The molecule has 0 N–H and O–H groups in total. The number of nitriles is 1. The van der Waals surface area contributed by atoms with Crippen molar-refractivity contribution in [2.45, 2.75) is 59.4 Å². The molecule has 31 heavy (non-hydrogen) atoms. The first-order valence-corrected chi connectivity index (χ1v) is 11.5. The van der Waals surface area contributed by atoms with E-state index < -0.39 is 23.2 Å². The Bertz CT molecular complexity index is 736. The van der Waals surface area contributed by atoms with Gasteiger partial charge in [-0.2, -0.15) is 5.26 Å². The van der Waals surface area contributed by atoms with E-state index in [1.807, 2.05) is 18.2 Å². The summed E-state index contributed by atoms with van der Waals surface area (Å²) < 4.78 is 10.7. The summed E-state index contributed by atoms with van der Waals surface area (Å²) in [6.07, 6.45) is 3.57. The van der Waals surface area contributed by atoms with Gasteiger partial charge in [0.2, 0.25) is 0 Å². The molecule has 1 aromatic carbocycles. The van der Waals surface area contributed by atoms with Crippen LogP contribution in [0.5, 0.6) is 0 Å². The van der Waals surface area contributed by atoms with E-state index >= 15 is 0 Å². The van der Waals surface area contributed by atoms with E-state index in [2.05, 4.69) is 30.0 Å². The van der Waals surface area contributed by atoms with Crippen LogP contribution in [0.1, 0.15) is 58.4 Å². The molecule has 0 radical (unpaired) electrons. The Kier molecular flexibility index (Phi) is 10.00. The van der Waals surface area contributed by atoms with Crippen LogP contribution in [0.25, 0.3) is 0 Å². The number of likely N-dealkylation sites (tertiary alicyclic amines) is 1. The first kappa shape index (κ1) is 24.9. The molecule has 2 atom stereocenters. The van der Waals surface area contributed by atoms with Crippen LogP contribution in [-0.2, 0) is 25.6 Å². The van der Waals surface area contributed by atoms with Gasteiger partial charge in [0, 0.05) is 12.0 Å². The third-order valence-corrected chi connectivity index (χ3v) is 6.37. The Balaban J connectivity index is 2.32. The molecule has 1 aromatic rings. The topological polar surface area (TPSA) is 79.6 Å². The SMILES string of the molecule is CCCCC(C(=O)OCC)C1(C(C#N)C(=O)OCC)CCN(Cc2ccccc2)CC1. The van der Waals surface area contributed by atoms with E-state index in [9.17, 15) is 14.9 Å². The van der Waals surface area contributed by atoms with Crippen molar-refractivity contribution in [2.24, 2.45) is 17.3 Å². The van der Waals surface area contributed by atoms with Crippen LogP contribution in [0, 0.1) is 28.6 Å². The van der Waals surface area contributed by atoms with Crippen molar-refractivity contribution in [1.82, 2.24) is 4.90 Å². The fourth-order valence-corrected chi connectivity index (χ4v) is 4.74. The van der Waals surface area contributed by atoms with Crippen LogP contribution in [0.4, 0.5) is 0 Å². The van der Waals surface area contributed by atoms with Crippen LogP contribution < -0.4 is 0 Å². The molecule has 170 valence electrons. The van der Waals surface area contributed by atoms with Crippen LogP contribution in [-0.4, -0.2) is 43.1 Å². The number of hydrogen-bond acceptors (Lipinski definition) is 6. The van der Waals surface area contributed by atoms with E-state index in [0.717, 1.165) is 19.4 Å². The van der Waals surface area contributed by atoms with Crippen LogP contribution >= 0.6 is 0 Å². The molecule has 0 aliphatic carbocycles. The van der Waals surface area contributed by atoms with Crippen molar-refractivity contribution in [3.05, 3.63) is 35.9 Å². The summed E-state index contributed by atoms with van der Waals surface area (Å²) in [5.41, 5.74) is 0.459. The number of rotatable bonds is 11. The molecular weight excluding hydrogens is 392 g/mol. The number of esters is 2. The molecule has 0 saturated carbocycles. The summed E-state index contributed by atoms with van der Waals surface area (Å²) in [6.45, 7) is 8.35. The van der Waals surface area contributed by atoms with Crippen molar-refractivity contribution in [3.8, 4) is 6.07 Å². The van der Waals surface area contributed by atoms with Gasteiger partial charge in [0.15, 0.2) is 5.92 Å². The first-order chi connectivity index (χ1) is 15.0. The quantitative estimate of drug-likeness (QED) is 0.488. The summed E-state index contributed by atoms with van der Waals surface area (Å²) in [5, 5.41) is 10.0. The van der Waals surface area contributed by atoms with Crippen LogP contribution in [0.15, 0.2) is 30.3 Å². The highest BCUT2D eigenvalue weighted by Crippen LogP contribution is 2.48. The monoisotopic (exact) mass is 428 g/mol.